The van der Waals surface area contributed by atoms with E-state index < -0.39 is 6.36 Å². The Bertz CT molecular complexity index is 416. The van der Waals surface area contributed by atoms with Gasteiger partial charge in [-0.1, -0.05) is 12.2 Å². The Labute approximate surface area is 103 Å². The molecule has 0 fully saturated rings. The first-order valence-electron chi connectivity index (χ1n) is 5.39. The fourth-order valence-corrected chi connectivity index (χ4v) is 1.34. The van der Waals surface area contributed by atoms with Gasteiger partial charge in [-0.25, -0.2) is 0 Å². The second-order valence-corrected chi connectivity index (χ2v) is 3.63. The number of anilines is 1. The first-order valence-corrected chi connectivity index (χ1v) is 5.39. The third-order valence-electron chi connectivity index (χ3n) is 2.15. The maximum absolute atomic E-state index is 12.0. The van der Waals surface area contributed by atoms with Crippen LogP contribution in [0.1, 0.15) is 12.0 Å². The third kappa shape index (κ3) is 5.09. The van der Waals surface area contributed by atoms with Crippen molar-refractivity contribution in [2.75, 3.05) is 19.3 Å². The molecule has 1 aromatic carbocycles. The molecule has 0 unspecified atom stereocenters. The van der Waals surface area contributed by atoms with Gasteiger partial charge in [0.25, 0.3) is 0 Å². The second-order valence-electron chi connectivity index (χ2n) is 3.63. The molecule has 0 aliphatic carbocycles. The van der Waals surface area contributed by atoms with Crippen LogP contribution >= 0.6 is 0 Å². The monoisotopic (exact) mass is 260 g/mol. The minimum Gasteiger partial charge on any atom is -0.406 e. The highest BCUT2D eigenvalue weighted by Gasteiger charge is 2.31. The standard InChI is InChI=1S/C12H15F3N2O/c1-17-7-3-2-4-9-5-6-10(8-11(9)16)18-12(13,14)15/h2,4-6,8,17H,3,7,16H2,1H3. The van der Waals surface area contributed by atoms with Gasteiger partial charge in [-0.05, 0) is 37.7 Å². The number of ether oxygens (including phenoxy) is 1. The van der Waals surface area contributed by atoms with Gasteiger partial charge in [0.05, 0.1) is 0 Å². The van der Waals surface area contributed by atoms with Gasteiger partial charge in [-0.15, -0.1) is 13.2 Å². The summed E-state index contributed by atoms with van der Waals surface area (Å²) >= 11 is 0. The molecule has 0 atom stereocenters. The SMILES string of the molecule is CNCCC=Cc1ccc(OC(F)(F)F)cc1N. The molecule has 3 nitrogen and oxygen atoms in total. The number of halogens is 3. The van der Waals surface area contributed by atoms with E-state index >= 15 is 0 Å². The average molecular weight is 260 g/mol. The normalized spacial score (nSPS) is 12.0. The topological polar surface area (TPSA) is 47.3 Å². The maximum Gasteiger partial charge on any atom is 0.573 e. The molecule has 0 spiro atoms. The summed E-state index contributed by atoms with van der Waals surface area (Å²) in [7, 11) is 1.84. The second kappa shape index (κ2) is 6.30. The fourth-order valence-electron chi connectivity index (χ4n) is 1.34. The van der Waals surface area contributed by atoms with Crippen molar-refractivity contribution in [3.63, 3.8) is 0 Å². The van der Waals surface area contributed by atoms with Crippen LogP contribution in [0, 0.1) is 0 Å². The summed E-state index contributed by atoms with van der Waals surface area (Å²) in [6, 6.07) is 3.89. The van der Waals surface area contributed by atoms with Crippen LogP contribution in [0.5, 0.6) is 5.75 Å². The van der Waals surface area contributed by atoms with Crippen molar-refractivity contribution in [2.24, 2.45) is 0 Å². The molecule has 0 aliphatic rings. The van der Waals surface area contributed by atoms with E-state index in [1.807, 2.05) is 13.1 Å². The number of benzene rings is 1. The van der Waals surface area contributed by atoms with Crippen molar-refractivity contribution in [2.45, 2.75) is 12.8 Å². The average Bonchev–Trinajstić information content (AvgIpc) is 2.24. The molecular formula is C12H15F3N2O. The minimum atomic E-state index is -4.70. The molecule has 0 saturated heterocycles. The summed E-state index contributed by atoms with van der Waals surface area (Å²) < 4.78 is 39.7. The van der Waals surface area contributed by atoms with Crippen LogP contribution < -0.4 is 15.8 Å². The Morgan fingerprint density at radius 1 is 1.39 bits per heavy atom. The lowest BCUT2D eigenvalue weighted by atomic mass is 10.1. The number of hydrogen-bond donors (Lipinski definition) is 2. The Morgan fingerprint density at radius 2 is 2.11 bits per heavy atom. The summed E-state index contributed by atoms with van der Waals surface area (Å²) in [4.78, 5) is 0. The highest BCUT2D eigenvalue weighted by Crippen LogP contribution is 2.26. The van der Waals surface area contributed by atoms with Crippen LogP contribution in [0.3, 0.4) is 0 Å². The predicted molar refractivity (Wildman–Crippen MR) is 65.1 cm³/mol. The van der Waals surface area contributed by atoms with Crippen LogP contribution in [-0.4, -0.2) is 20.0 Å². The highest BCUT2D eigenvalue weighted by molar-refractivity contribution is 5.66. The molecule has 1 rings (SSSR count). The van der Waals surface area contributed by atoms with E-state index in [2.05, 4.69) is 10.1 Å². The van der Waals surface area contributed by atoms with E-state index in [0.29, 0.717) is 5.56 Å². The van der Waals surface area contributed by atoms with Crippen molar-refractivity contribution < 1.29 is 17.9 Å². The van der Waals surface area contributed by atoms with Crippen molar-refractivity contribution in [3.8, 4) is 5.75 Å². The summed E-state index contributed by atoms with van der Waals surface area (Å²) in [6.07, 6.45) is -0.218. The maximum atomic E-state index is 12.0. The Kier molecular flexibility index (Phi) is 5.03. The van der Waals surface area contributed by atoms with Crippen LogP contribution in [0.4, 0.5) is 18.9 Å². The molecule has 0 heterocycles. The van der Waals surface area contributed by atoms with E-state index in [1.54, 1.807) is 6.08 Å². The molecule has 3 N–H and O–H groups in total. The van der Waals surface area contributed by atoms with E-state index in [1.165, 1.54) is 12.1 Å². The zero-order valence-electron chi connectivity index (χ0n) is 9.92. The molecule has 18 heavy (non-hydrogen) atoms. The summed E-state index contributed by atoms with van der Waals surface area (Å²) in [5.41, 5.74) is 6.56. The Hall–Kier alpha value is -1.69. The number of hydrogen-bond acceptors (Lipinski definition) is 3. The molecule has 0 saturated carbocycles. The van der Waals surface area contributed by atoms with Crippen LogP contribution in [-0.2, 0) is 0 Å². The molecule has 0 bridgehead atoms. The first kappa shape index (κ1) is 14.4. The third-order valence-corrected chi connectivity index (χ3v) is 2.15. The minimum absolute atomic E-state index is 0.248. The van der Waals surface area contributed by atoms with Crippen LogP contribution in [0.2, 0.25) is 0 Å². The van der Waals surface area contributed by atoms with Crippen molar-refractivity contribution in [1.29, 1.82) is 0 Å². The summed E-state index contributed by atoms with van der Waals surface area (Å²) in [5.74, 6) is -0.313. The lowest BCUT2D eigenvalue weighted by molar-refractivity contribution is -0.274. The van der Waals surface area contributed by atoms with Crippen molar-refractivity contribution >= 4 is 11.8 Å². The number of nitrogens with one attached hydrogen (secondary N) is 1. The number of nitrogen functional groups attached to an aromatic ring is 1. The van der Waals surface area contributed by atoms with Crippen LogP contribution in [0.25, 0.3) is 6.08 Å². The fraction of sp³-hybridized carbons (Fsp3) is 0.333. The van der Waals surface area contributed by atoms with Gasteiger partial charge in [0, 0.05) is 11.8 Å². The zero-order valence-corrected chi connectivity index (χ0v) is 9.92. The van der Waals surface area contributed by atoms with E-state index in [-0.39, 0.29) is 11.4 Å². The molecule has 100 valence electrons. The van der Waals surface area contributed by atoms with Gasteiger partial charge in [0.1, 0.15) is 5.75 Å². The van der Waals surface area contributed by atoms with Gasteiger partial charge in [-0.3, -0.25) is 0 Å². The quantitative estimate of drug-likeness (QED) is 0.632. The van der Waals surface area contributed by atoms with Crippen LogP contribution in [0.15, 0.2) is 24.3 Å². The smallest absolute Gasteiger partial charge is 0.406 e. The number of rotatable bonds is 5. The molecule has 0 aliphatic heterocycles. The number of nitrogens with two attached hydrogens (primary N) is 1. The van der Waals surface area contributed by atoms with Gasteiger partial charge in [0.2, 0.25) is 0 Å². The van der Waals surface area contributed by atoms with E-state index in [9.17, 15) is 13.2 Å². The highest BCUT2D eigenvalue weighted by atomic mass is 19.4. The van der Waals surface area contributed by atoms with Gasteiger partial charge in [0.15, 0.2) is 0 Å². The summed E-state index contributed by atoms with van der Waals surface area (Å²) in [5, 5.41) is 2.98. The van der Waals surface area contributed by atoms with Gasteiger partial charge in [-0.2, -0.15) is 0 Å². The largest absolute Gasteiger partial charge is 0.573 e. The summed E-state index contributed by atoms with van der Waals surface area (Å²) in [6.45, 7) is 0.825. The van der Waals surface area contributed by atoms with Gasteiger partial charge >= 0.3 is 6.36 Å². The Morgan fingerprint density at radius 3 is 2.67 bits per heavy atom. The first-order chi connectivity index (χ1) is 8.42. The van der Waals surface area contributed by atoms with E-state index in [4.69, 9.17) is 5.73 Å². The lowest BCUT2D eigenvalue weighted by Gasteiger charge is -2.10. The molecule has 0 aromatic heterocycles. The molecule has 1 aromatic rings. The molecule has 0 amide bonds. The predicted octanol–water partition coefficient (Wildman–Crippen LogP) is 2.79. The van der Waals surface area contributed by atoms with Gasteiger partial charge < -0.3 is 15.8 Å². The number of alkyl halides is 3. The van der Waals surface area contributed by atoms with Crippen molar-refractivity contribution in [1.82, 2.24) is 5.32 Å². The molecule has 6 heteroatoms. The Balaban J connectivity index is 2.71. The lowest BCUT2D eigenvalue weighted by Crippen LogP contribution is -2.17. The molecular weight excluding hydrogens is 245 g/mol. The van der Waals surface area contributed by atoms with E-state index in [0.717, 1.165) is 19.0 Å². The molecule has 0 radical (unpaired) electrons. The van der Waals surface area contributed by atoms with Crippen molar-refractivity contribution in [3.05, 3.63) is 29.8 Å². The zero-order chi connectivity index (χ0) is 13.6.